The first-order valence-corrected chi connectivity index (χ1v) is 7.61. The molecule has 0 atom stereocenters. The molecule has 2 aliphatic rings. The van der Waals surface area contributed by atoms with Crippen LogP contribution in [0, 0.1) is 11.3 Å². The summed E-state index contributed by atoms with van der Waals surface area (Å²) in [5.41, 5.74) is -0.682. The topological polar surface area (TPSA) is 78.4 Å². The normalized spacial score (nSPS) is 22.2. The first kappa shape index (κ1) is 13.5. The van der Waals surface area contributed by atoms with Crippen LogP contribution in [0.25, 0.3) is 0 Å². The van der Waals surface area contributed by atoms with Gasteiger partial charge in [-0.1, -0.05) is 0 Å². The van der Waals surface area contributed by atoms with Crippen molar-refractivity contribution in [1.82, 2.24) is 10.6 Å². The Hall–Kier alpha value is -0.910. The summed E-state index contributed by atoms with van der Waals surface area (Å²) in [5.74, 6) is 2.13. The second kappa shape index (κ2) is 5.82. The number of carbonyl (C=O) groups is 2. The third kappa shape index (κ3) is 3.54. The molecule has 102 valence electrons. The van der Waals surface area contributed by atoms with Gasteiger partial charge in [-0.2, -0.15) is 11.8 Å². The van der Waals surface area contributed by atoms with E-state index in [2.05, 4.69) is 10.6 Å². The van der Waals surface area contributed by atoms with Crippen molar-refractivity contribution in [3.05, 3.63) is 0 Å². The highest BCUT2D eigenvalue weighted by molar-refractivity contribution is 7.99. The molecular weight excluding hydrogens is 252 g/mol. The van der Waals surface area contributed by atoms with Crippen molar-refractivity contribution in [3.63, 3.8) is 0 Å². The first-order chi connectivity index (χ1) is 8.62. The summed E-state index contributed by atoms with van der Waals surface area (Å²) < 4.78 is 0. The van der Waals surface area contributed by atoms with Crippen LogP contribution in [0.3, 0.4) is 0 Å². The van der Waals surface area contributed by atoms with E-state index in [4.69, 9.17) is 5.11 Å². The summed E-state index contributed by atoms with van der Waals surface area (Å²) in [7, 11) is 0. The van der Waals surface area contributed by atoms with E-state index in [1.54, 1.807) is 0 Å². The van der Waals surface area contributed by atoms with Gasteiger partial charge in [-0.3, -0.25) is 4.79 Å². The van der Waals surface area contributed by atoms with Crippen molar-refractivity contribution in [2.75, 3.05) is 24.6 Å². The Morgan fingerprint density at radius 2 is 1.89 bits per heavy atom. The molecule has 0 radical (unpaired) electrons. The Morgan fingerprint density at radius 3 is 2.44 bits per heavy atom. The van der Waals surface area contributed by atoms with Crippen LogP contribution >= 0.6 is 11.8 Å². The van der Waals surface area contributed by atoms with E-state index in [0.29, 0.717) is 25.3 Å². The molecule has 1 heterocycles. The number of hydrogen-bond donors (Lipinski definition) is 3. The fourth-order valence-electron chi connectivity index (χ4n) is 2.12. The molecule has 6 heteroatoms. The third-order valence-electron chi connectivity index (χ3n) is 3.79. The van der Waals surface area contributed by atoms with Crippen LogP contribution in [-0.2, 0) is 4.79 Å². The number of hydrogen-bond acceptors (Lipinski definition) is 3. The van der Waals surface area contributed by atoms with Crippen LogP contribution in [0.2, 0.25) is 0 Å². The number of urea groups is 1. The molecular formula is C12H20N2O3S. The maximum Gasteiger partial charge on any atom is 0.314 e. The Balaban J connectivity index is 1.62. The SMILES string of the molecule is O=C(NCC1CCSCC1)NCC1(C(=O)O)CC1. The maximum atomic E-state index is 11.6. The number of carboxylic acids is 1. The highest BCUT2D eigenvalue weighted by atomic mass is 32.2. The highest BCUT2D eigenvalue weighted by Gasteiger charge is 2.50. The van der Waals surface area contributed by atoms with Crippen molar-refractivity contribution in [2.45, 2.75) is 25.7 Å². The van der Waals surface area contributed by atoms with Gasteiger partial charge in [-0.15, -0.1) is 0 Å². The lowest BCUT2D eigenvalue weighted by Crippen LogP contribution is -2.42. The zero-order valence-corrected chi connectivity index (χ0v) is 11.2. The minimum Gasteiger partial charge on any atom is -0.481 e. The van der Waals surface area contributed by atoms with Gasteiger partial charge in [0.05, 0.1) is 5.41 Å². The van der Waals surface area contributed by atoms with Gasteiger partial charge in [-0.05, 0) is 43.1 Å². The lowest BCUT2D eigenvalue weighted by atomic mass is 10.0. The van der Waals surface area contributed by atoms with Crippen molar-refractivity contribution in [1.29, 1.82) is 0 Å². The van der Waals surface area contributed by atoms with E-state index >= 15 is 0 Å². The zero-order chi connectivity index (χ0) is 13.0. The highest BCUT2D eigenvalue weighted by Crippen LogP contribution is 2.45. The molecule has 0 spiro atoms. The van der Waals surface area contributed by atoms with Crippen LogP contribution in [0.5, 0.6) is 0 Å². The molecule has 5 nitrogen and oxygen atoms in total. The summed E-state index contributed by atoms with van der Waals surface area (Å²) in [6.07, 6.45) is 3.65. The number of carbonyl (C=O) groups excluding carboxylic acids is 1. The minimum atomic E-state index is -0.799. The smallest absolute Gasteiger partial charge is 0.314 e. The van der Waals surface area contributed by atoms with Crippen molar-refractivity contribution >= 4 is 23.8 Å². The van der Waals surface area contributed by atoms with Gasteiger partial charge >= 0.3 is 12.0 Å². The lowest BCUT2D eigenvalue weighted by Gasteiger charge is -2.21. The predicted octanol–water partition coefficient (Wildman–Crippen LogP) is 1.29. The Labute approximate surface area is 111 Å². The van der Waals surface area contributed by atoms with Crippen molar-refractivity contribution < 1.29 is 14.7 Å². The quantitative estimate of drug-likeness (QED) is 0.705. The fraction of sp³-hybridized carbons (Fsp3) is 0.833. The van der Waals surface area contributed by atoms with E-state index in [1.165, 1.54) is 11.5 Å². The van der Waals surface area contributed by atoms with Crippen molar-refractivity contribution in [3.8, 4) is 0 Å². The van der Waals surface area contributed by atoms with Gasteiger partial charge in [0.1, 0.15) is 0 Å². The minimum absolute atomic E-state index is 0.235. The fourth-order valence-corrected chi connectivity index (χ4v) is 3.32. The van der Waals surface area contributed by atoms with Crippen LogP contribution in [-0.4, -0.2) is 41.7 Å². The average molecular weight is 272 g/mol. The summed E-state index contributed by atoms with van der Waals surface area (Å²) in [6, 6.07) is -0.235. The van der Waals surface area contributed by atoms with E-state index in [1.807, 2.05) is 11.8 Å². The average Bonchev–Trinajstić information content (AvgIpc) is 3.16. The second-order valence-electron chi connectivity index (χ2n) is 5.20. The molecule has 2 rings (SSSR count). The summed E-state index contributed by atoms with van der Waals surface area (Å²) in [6.45, 7) is 0.946. The molecule has 2 amide bonds. The van der Waals surface area contributed by atoms with Gasteiger partial charge in [0.25, 0.3) is 0 Å². The molecule has 0 aromatic carbocycles. The number of nitrogens with one attached hydrogen (secondary N) is 2. The monoisotopic (exact) mass is 272 g/mol. The molecule has 18 heavy (non-hydrogen) atoms. The molecule has 0 bridgehead atoms. The van der Waals surface area contributed by atoms with Gasteiger partial charge < -0.3 is 15.7 Å². The van der Waals surface area contributed by atoms with E-state index in [-0.39, 0.29) is 12.6 Å². The van der Waals surface area contributed by atoms with Crippen LogP contribution in [0.1, 0.15) is 25.7 Å². The molecule has 2 fully saturated rings. The summed E-state index contributed by atoms with van der Waals surface area (Å²) >= 11 is 1.96. The van der Waals surface area contributed by atoms with Crippen molar-refractivity contribution in [2.24, 2.45) is 11.3 Å². The summed E-state index contributed by atoms with van der Waals surface area (Å²) in [4.78, 5) is 22.5. The van der Waals surface area contributed by atoms with Crippen LogP contribution < -0.4 is 10.6 Å². The zero-order valence-electron chi connectivity index (χ0n) is 10.4. The molecule has 1 aliphatic heterocycles. The standard InChI is InChI=1S/C12H20N2O3S/c15-10(16)12(3-4-12)8-14-11(17)13-7-9-1-5-18-6-2-9/h9H,1-8H2,(H,15,16)(H2,13,14,17). The van der Waals surface area contributed by atoms with Gasteiger partial charge in [0, 0.05) is 13.1 Å². The van der Waals surface area contributed by atoms with E-state index in [9.17, 15) is 9.59 Å². The predicted molar refractivity (Wildman–Crippen MR) is 70.8 cm³/mol. The lowest BCUT2D eigenvalue weighted by molar-refractivity contribution is -0.143. The van der Waals surface area contributed by atoms with Crippen LogP contribution in [0.4, 0.5) is 4.79 Å². The Bertz CT molecular complexity index is 325. The third-order valence-corrected chi connectivity index (χ3v) is 4.84. The first-order valence-electron chi connectivity index (χ1n) is 6.45. The van der Waals surface area contributed by atoms with E-state index in [0.717, 1.165) is 12.8 Å². The number of rotatable bonds is 5. The molecule has 1 saturated carbocycles. The molecule has 1 saturated heterocycles. The number of carboxylic acid groups (broad SMARTS) is 1. The number of amides is 2. The van der Waals surface area contributed by atoms with Gasteiger partial charge in [0.15, 0.2) is 0 Å². The molecule has 3 N–H and O–H groups in total. The number of aliphatic carboxylic acids is 1. The van der Waals surface area contributed by atoms with E-state index < -0.39 is 11.4 Å². The Morgan fingerprint density at radius 1 is 1.22 bits per heavy atom. The largest absolute Gasteiger partial charge is 0.481 e. The molecule has 0 aromatic rings. The number of thioether (sulfide) groups is 1. The second-order valence-corrected chi connectivity index (χ2v) is 6.43. The molecule has 1 aliphatic carbocycles. The van der Waals surface area contributed by atoms with Gasteiger partial charge in [-0.25, -0.2) is 4.79 Å². The van der Waals surface area contributed by atoms with Crippen LogP contribution in [0.15, 0.2) is 0 Å². The maximum absolute atomic E-state index is 11.6. The molecule has 0 aromatic heterocycles. The Kier molecular flexibility index (Phi) is 4.37. The summed E-state index contributed by atoms with van der Waals surface area (Å²) in [5, 5.41) is 14.5. The van der Waals surface area contributed by atoms with Gasteiger partial charge in [0.2, 0.25) is 0 Å². The molecule has 0 unspecified atom stereocenters.